The van der Waals surface area contributed by atoms with E-state index in [4.69, 9.17) is 0 Å². The standard InChI is InChI=1S/C30H24F3NO2/c31-30(32,33)23-8-5-17(6-9-23)20-7-10-24-21(13-20)14-22(29(35)36)15-26(24)19-3-1-18(2-4-19)25-11-12-34-28-16-27(25)28/h1-10,13-15,25,27-28,34H,11-12,16H2,(H,35,36)/t25-,27+,28+/m0/s1. The number of halogens is 3. The summed E-state index contributed by atoms with van der Waals surface area (Å²) in [6.07, 6.45) is -2.03. The van der Waals surface area contributed by atoms with Crippen molar-refractivity contribution in [3.8, 4) is 22.3 Å². The number of carboxylic acid groups (broad SMARTS) is 1. The van der Waals surface area contributed by atoms with Crippen LogP contribution in [0.25, 0.3) is 33.0 Å². The van der Waals surface area contributed by atoms with Crippen LogP contribution >= 0.6 is 0 Å². The molecule has 6 heteroatoms. The summed E-state index contributed by atoms with van der Waals surface area (Å²) in [6, 6.07) is 23.0. The summed E-state index contributed by atoms with van der Waals surface area (Å²) in [7, 11) is 0. The molecule has 36 heavy (non-hydrogen) atoms. The van der Waals surface area contributed by atoms with Crippen molar-refractivity contribution < 1.29 is 23.1 Å². The van der Waals surface area contributed by atoms with E-state index in [-0.39, 0.29) is 5.56 Å². The molecular formula is C30H24F3NO2. The SMILES string of the molecule is O=C(O)c1cc(-c2ccc([C@@H]3CCN[C@@H]4C[C@@H]43)cc2)c2ccc(-c3ccc(C(F)(F)F)cc3)cc2c1. The van der Waals surface area contributed by atoms with Crippen LogP contribution in [-0.2, 0) is 6.18 Å². The van der Waals surface area contributed by atoms with E-state index in [2.05, 4.69) is 29.6 Å². The minimum atomic E-state index is -4.39. The van der Waals surface area contributed by atoms with Gasteiger partial charge in [-0.25, -0.2) is 4.79 Å². The fourth-order valence-electron chi connectivity index (χ4n) is 5.62. The first-order valence-electron chi connectivity index (χ1n) is 12.1. The molecule has 4 aromatic rings. The summed E-state index contributed by atoms with van der Waals surface area (Å²) in [4.78, 5) is 11.9. The summed E-state index contributed by atoms with van der Waals surface area (Å²) in [5, 5.41) is 14.9. The van der Waals surface area contributed by atoms with Crippen molar-refractivity contribution in [1.82, 2.24) is 5.32 Å². The van der Waals surface area contributed by atoms with Crippen LogP contribution in [0.1, 0.15) is 40.2 Å². The highest BCUT2D eigenvalue weighted by Crippen LogP contribution is 2.47. The zero-order chi connectivity index (χ0) is 25.0. The van der Waals surface area contributed by atoms with Gasteiger partial charge in [0.1, 0.15) is 0 Å². The Balaban J connectivity index is 1.38. The molecule has 0 aromatic heterocycles. The second-order valence-electron chi connectivity index (χ2n) is 9.82. The monoisotopic (exact) mass is 487 g/mol. The van der Waals surface area contributed by atoms with Crippen molar-refractivity contribution in [1.29, 1.82) is 0 Å². The van der Waals surface area contributed by atoms with Gasteiger partial charge in [-0.15, -0.1) is 0 Å². The third-order valence-electron chi connectivity index (χ3n) is 7.61. The zero-order valence-electron chi connectivity index (χ0n) is 19.3. The molecule has 1 aliphatic carbocycles. The quantitative estimate of drug-likeness (QED) is 0.316. The Hall–Kier alpha value is -3.64. The van der Waals surface area contributed by atoms with Gasteiger partial charge in [0.25, 0.3) is 0 Å². The summed E-state index contributed by atoms with van der Waals surface area (Å²) in [5.74, 6) is 0.257. The van der Waals surface area contributed by atoms with E-state index in [1.165, 1.54) is 24.1 Å². The average molecular weight is 488 g/mol. The van der Waals surface area contributed by atoms with Crippen molar-refractivity contribution in [3.05, 3.63) is 95.6 Å². The van der Waals surface area contributed by atoms with Gasteiger partial charge in [0, 0.05) is 6.04 Å². The van der Waals surface area contributed by atoms with E-state index in [1.54, 1.807) is 12.1 Å². The maximum Gasteiger partial charge on any atom is 0.416 e. The average Bonchev–Trinajstić information content (AvgIpc) is 3.67. The van der Waals surface area contributed by atoms with E-state index < -0.39 is 17.7 Å². The second-order valence-corrected chi connectivity index (χ2v) is 9.82. The Morgan fingerprint density at radius 2 is 1.56 bits per heavy atom. The summed E-state index contributed by atoms with van der Waals surface area (Å²) in [5.41, 5.74) is 3.93. The predicted molar refractivity (Wildman–Crippen MR) is 134 cm³/mol. The van der Waals surface area contributed by atoms with Crippen molar-refractivity contribution in [2.24, 2.45) is 5.92 Å². The van der Waals surface area contributed by atoms with Gasteiger partial charge in [0.15, 0.2) is 0 Å². The normalized spacial score (nSPS) is 21.2. The van der Waals surface area contributed by atoms with Crippen molar-refractivity contribution in [2.75, 3.05) is 6.54 Å². The van der Waals surface area contributed by atoms with Crippen LogP contribution in [0.15, 0.2) is 78.9 Å². The first kappa shape index (κ1) is 22.8. The maximum atomic E-state index is 12.9. The number of piperidine rings is 1. The van der Waals surface area contributed by atoms with E-state index >= 15 is 0 Å². The molecule has 1 saturated carbocycles. The molecule has 0 radical (unpaired) electrons. The van der Waals surface area contributed by atoms with E-state index in [0.717, 1.165) is 52.6 Å². The summed E-state index contributed by atoms with van der Waals surface area (Å²) >= 11 is 0. The number of hydrogen-bond acceptors (Lipinski definition) is 2. The molecule has 0 amide bonds. The fourth-order valence-corrected chi connectivity index (χ4v) is 5.62. The van der Waals surface area contributed by atoms with Gasteiger partial charge in [0.05, 0.1) is 11.1 Å². The van der Waals surface area contributed by atoms with Crippen LogP contribution in [0.3, 0.4) is 0 Å². The highest BCUT2D eigenvalue weighted by atomic mass is 19.4. The molecular weight excluding hydrogens is 463 g/mol. The first-order chi connectivity index (χ1) is 17.3. The van der Waals surface area contributed by atoms with Gasteiger partial charge in [-0.2, -0.15) is 13.2 Å². The number of alkyl halides is 3. The van der Waals surface area contributed by atoms with Gasteiger partial charge >= 0.3 is 12.1 Å². The predicted octanol–water partition coefficient (Wildman–Crippen LogP) is 7.36. The largest absolute Gasteiger partial charge is 0.478 e. The van der Waals surface area contributed by atoms with Crippen molar-refractivity contribution in [3.63, 3.8) is 0 Å². The van der Waals surface area contributed by atoms with Crippen LogP contribution in [0.5, 0.6) is 0 Å². The molecule has 182 valence electrons. The van der Waals surface area contributed by atoms with Gasteiger partial charge < -0.3 is 10.4 Å². The molecule has 1 aliphatic heterocycles. The lowest BCUT2D eigenvalue weighted by molar-refractivity contribution is -0.137. The number of carbonyl (C=O) groups is 1. The highest BCUT2D eigenvalue weighted by Gasteiger charge is 2.45. The molecule has 0 spiro atoms. The minimum absolute atomic E-state index is 0.172. The van der Waals surface area contributed by atoms with Crippen LogP contribution in [0.2, 0.25) is 0 Å². The summed E-state index contributed by atoms with van der Waals surface area (Å²) < 4.78 is 38.8. The number of benzene rings is 4. The minimum Gasteiger partial charge on any atom is -0.478 e. The molecule has 0 unspecified atom stereocenters. The topological polar surface area (TPSA) is 49.3 Å². The van der Waals surface area contributed by atoms with Crippen molar-refractivity contribution in [2.45, 2.75) is 31.0 Å². The lowest BCUT2D eigenvalue weighted by Gasteiger charge is -2.23. The molecule has 3 atom stereocenters. The Labute approximate surface area is 206 Å². The molecule has 2 aliphatic rings. The highest BCUT2D eigenvalue weighted by molar-refractivity contribution is 6.04. The molecule has 1 saturated heterocycles. The number of carboxylic acids is 1. The third kappa shape index (κ3) is 4.16. The third-order valence-corrected chi connectivity index (χ3v) is 7.61. The van der Waals surface area contributed by atoms with Crippen molar-refractivity contribution >= 4 is 16.7 Å². The first-order valence-corrected chi connectivity index (χ1v) is 12.1. The Morgan fingerprint density at radius 3 is 2.25 bits per heavy atom. The number of fused-ring (bicyclic) bond motifs is 2. The van der Waals surface area contributed by atoms with Gasteiger partial charge in [0.2, 0.25) is 0 Å². The molecule has 2 fully saturated rings. The van der Waals surface area contributed by atoms with Crippen LogP contribution in [0.4, 0.5) is 13.2 Å². The Bertz CT molecular complexity index is 1460. The number of aromatic carboxylic acids is 1. The second kappa shape index (κ2) is 8.49. The van der Waals surface area contributed by atoms with E-state index in [0.29, 0.717) is 23.4 Å². The number of nitrogens with one attached hydrogen (secondary N) is 1. The van der Waals surface area contributed by atoms with Crippen LogP contribution in [0, 0.1) is 5.92 Å². The molecule has 4 aromatic carbocycles. The Kier molecular flexibility index (Phi) is 5.38. The van der Waals surface area contributed by atoms with E-state index in [1.807, 2.05) is 18.2 Å². The summed E-state index contributed by atoms with van der Waals surface area (Å²) in [6.45, 7) is 1.04. The lowest BCUT2D eigenvalue weighted by Crippen LogP contribution is -2.28. The van der Waals surface area contributed by atoms with Gasteiger partial charge in [-0.05, 0) is 100 Å². The number of rotatable bonds is 4. The molecule has 1 heterocycles. The van der Waals surface area contributed by atoms with Gasteiger partial charge in [-0.3, -0.25) is 0 Å². The molecule has 2 N–H and O–H groups in total. The zero-order valence-corrected chi connectivity index (χ0v) is 19.3. The number of hydrogen-bond donors (Lipinski definition) is 2. The maximum absolute atomic E-state index is 12.9. The van der Waals surface area contributed by atoms with Crippen LogP contribution < -0.4 is 5.32 Å². The lowest BCUT2D eigenvalue weighted by atomic mass is 9.87. The van der Waals surface area contributed by atoms with Gasteiger partial charge in [-0.1, -0.05) is 48.5 Å². The Morgan fingerprint density at radius 1 is 0.861 bits per heavy atom. The molecule has 0 bridgehead atoms. The smallest absolute Gasteiger partial charge is 0.416 e. The fraction of sp³-hybridized carbons (Fsp3) is 0.233. The van der Waals surface area contributed by atoms with E-state index in [9.17, 15) is 23.1 Å². The molecule has 6 rings (SSSR count). The van der Waals surface area contributed by atoms with Crippen LogP contribution in [-0.4, -0.2) is 23.7 Å². The molecule has 3 nitrogen and oxygen atoms in total.